The summed E-state index contributed by atoms with van der Waals surface area (Å²) in [5, 5.41) is 13.7. The van der Waals surface area contributed by atoms with E-state index in [0.29, 0.717) is 12.2 Å². The van der Waals surface area contributed by atoms with E-state index in [0.717, 1.165) is 49.2 Å². The molecule has 0 bridgehead atoms. The lowest BCUT2D eigenvalue weighted by Crippen LogP contribution is -2.43. The topological polar surface area (TPSA) is 79.0 Å². The van der Waals surface area contributed by atoms with Crippen LogP contribution in [0.2, 0.25) is 0 Å². The minimum absolute atomic E-state index is 0. The first-order valence-electron chi connectivity index (χ1n) is 8.98. The zero-order valence-electron chi connectivity index (χ0n) is 14.9. The molecular weight excluding hydrogens is 352 g/mol. The van der Waals surface area contributed by atoms with E-state index < -0.39 is 0 Å². The second-order valence-electron chi connectivity index (χ2n) is 6.88. The van der Waals surface area contributed by atoms with Gasteiger partial charge in [0.1, 0.15) is 6.10 Å². The third-order valence-electron chi connectivity index (χ3n) is 5.07. The number of halogens is 1. The second kappa shape index (κ2) is 8.20. The number of H-pyrrole nitrogens is 1. The van der Waals surface area contributed by atoms with Crippen LogP contribution in [0.25, 0.3) is 0 Å². The average Bonchev–Trinajstić information content (AvgIpc) is 3.07. The van der Waals surface area contributed by atoms with E-state index >= 15 is 0 Å². The molecular formula is C19H25ClN4O2. The number of nitrogens with zero attached hydrogens (tertiary/aromatic N) is 1. The Morgan fingerprint density at radius 3 is 2.92 bits per heavy atom. The van der Waals surface area contributed by atoms with Crippen molar-refractivity contribution in [2.75, 3.05) is 13.2 Å². The number of rotatable bonds is 3. The summed E-state index contributed by atoms with van der Waals surface area (Å²) >= 11 is 0. The van der Waals surface area contributed by atoms with Gasteiger partial charge in [-0.25, -0.2) is 0 Å². The third-order valence-corrected chi connectivity index (χ3v) is 5.07. The van der Waals surface area contributed by atoms with E-state index in [4.69, 9.17) is 4.74 Å². The van der Waals surface area contributed by atoms with E-state index in [9.17, 15) is 4.79 Å². The first kappa shape index (κ1) is 18.9. The lowest BCUT2D eigenvalue weighted by Gasteiger charge is -2.32. The van der Waals surface area contributed by atoms with Crippen LogP contribution in [0.15, 0.2) is 24.3 Å². The molecule has 3 N–H and O–H groups in total. The number of benzene rings is 1. The summed E-state index contributed by atoms with van der Waals surface area (Å²) in [7, 11) is 0. The molecule has 4 rings (SSSR count). The van der Waals surface area contributed by atoms with E-state index in [1.165, 1.54) is 5.56 Å². The SMILES string of the molecule is Cc1ccc(C2OCCCC2NC(=O)c2n[nH]c3c2CNCC3)cc1.Cl. The van der Waals surface area contributed by atoms with E-state index in [1.54, 1.807) is 0 Å². The highest BCUT2D eigenvalue weighted by Gasteiger charge is 2.31. The van der Waals surface area contributed by atoms with Crippen LogP contribution >= 0.6 is 12.4 Å². The van der Waals surface area contributed by atoms with Crippen molar-refractivity contribution in [3.05, 3.63) is 52.3 Å². The molecule has 1 saturated heterocycles. The molecule has 0 radical (unpaired) electrons. The molecule has 1 aromatic heterocycles. The Balaban J connectivity index is 0.00000196. The normalized spacial score (nSPS) is 22.2. The van der Waals surface area contributed by atoms with Crippen LogP contribution in [0.5, 0.6) is 0 Å². The highest BCUT2D eigenvalue weighted by atomic mass is 35.5. The standard InChI is InChI=1S/C19H24N4O2.ClH/c1-12-4-6-13(7-5-12)18-16(3-2-10-25-18)21-19(24)17-14-11-20-9-8-15(14)22-23-17;/h4-7,16,18,20H,2-3,8-11H2,1H3,(H,21,24)(H,22,23);1H. The summed E-state index contributed by atoms with van der Waals surface area (Å²) < 4.78 is 5.99. The molecule has 2 unspecified atom stereocenters. The van der Waals surface area contributed by atoms with Crippen molar-refractivity contribution in [1.29, 1.82) is 0 Å². The Morgan fingerprint density at radius 1 is 1.31 bits per heavy atom. The van der Waals surface area contributed by atoms with Crippen LogP contribution in [0.4, 0.5) is 0 Å². The maximum atomic E-state index is 12.8. The van der Waals surface area contributed by atoms with Crippen LogP contribution in [-0.2, 0) is 17.7 Å². The van der Waals surface area contributed by atoms with Gasteiger partial charge >= 0.3 is 0 Å². The van der Waals surface area contributed by atoms with Gasteiger partial charge in [0, 0.05) is 37.4 Å². The summed E-state index contributed by atoms with van der Waals surface area (Å²) in [5.74, 6) is -0.117. The van der Waals surface area contributed by atoms with Gasteiger partial charge in [0.05, 0.1) is 6.04 Å². The first-order valence-corrected chi connectivity index (χ1v) is 8.98. The number of hydrogen-bond acceptors (Lipinski definition) is 4. The Hall–Kier alpha value is -1.89. The van der Waals surface area contributed by atoms with Crippen molar-refractivity contribution in [3.8, 4) is 0 Å². The van der Waals surface area contributed by atoms with Crippen molar-refractivity contribution in [2.24, 2.45) is 0 Å². The molecule has 2 atom stereocenters. The predicted molar refractivity (Wildman–Crippen MR) is 102 cm³/mol. The Labute approximate surface area is 159 Å². The van der Waals surface area contributed by atoms with Gasteiger partial charge in [0.25, 0.3) is 5.91 Å². The molecule has 2 aliphatic heterocycles. The van der Waals surface area contributed by atoms with Crippen LogP contribution in [0, 0.1) is 6.92 Å². The zero-order valence-corrected chi connectivity index (χ0v) is 15.7. The molecule has 7 heteroatoms. The predicted octanol–water partition coefficient (Wildman–Crippen LogP) is 2.44. The monoisotopic (exact) mass is 376 g/mol. The summed E-state index contributed by atoms with van der Waals surface area (Å²) in [6, 6.07) is 8.31. The fourth-order valence-electron chi connectivity index (χ4n) is 3.66. The Kier molecular flexibility index (Phi) is 5.96. The van der Waals surface area contributed by atoms with Gasteiger partial charge < -0.3 is 15.4 Å². The number of aromatic amines is 1. The molecule has 26 heavy (non-hydrogen) atoms. The van der Waals surface area contributed by atoms with Crippen molar-refractivity contribution < 1.29 is 9.53 Å². The fourth-order valence-corrected chi connectivity index (χ4v) is 3.66. The quantitative estimate of drug-likeness (QED) is 0.768. The van der Waals surface area contributed by atoms with Crippen molar-refractivity contribution >= 4 is 18.3 Å². The minimum Gasteiger partial charge on any atom is -0.371 e. The van der Waals surface area contributed by atoms with Gasteiger partial charge in [-0.05, 0) is 25.3 Å². The van der Waals surface area contributed by atoms with Crippen LogP contribution in [0.3, 0.4) is 0 Å². The van der Waals surface area contributed by atoms with E-state index in [2.05, 4.69) is 52.0 Å². The number of ether oxygens (including phenoxy) is 1. The molecule has 2 aliphatic rings. The van der Waals surface area contributed by atoms with Crippen LogP contribution < -0.4 is 10.6 Å². The molecule has 0 aliphatic carbocycles. The van der Waals surface area contributed by atoms with Crippen molar-refractivity contribution in [3.63, 3.8) is 0 Å². The molecule has 1 amide bonds. The van der Waals surface area contributed by atoms with Gasteiger partial charge in [-0.3, -0.25) is 9.89 Å². The Bertz CT molecular complexity index is 759. The summed E-state index contributed by atoms with van der Waals surface area (Å²) in [4.78, 5) is 12.8. The number of hydrogen-bond donors (Lipinski definition) is 3. The molecule has 1 aromatic carbocycles. The number of carbonyl (C=O) groups excluding carboxylic acids is 1. The molecule has 0 spiro atoms. The molecule has 6 nitrogen and oxygen atoms in total. The van der Waals surface area contributed by atoms with Crippen LogP contribution in [0.1, 0.15) is 51.8 Å². The second-order valence-corrected chi connectivity index (χ2v) is 6.88. The largest absolute Gasteiger partial charge is 0.371 e. The zero-order chi connectivity index (χ0) is 17.2. The third kappa shape index (κ3) is 3.77. The van der Waals surface area contributed by atoms with Crippen molar-refractivity contribution in [2.45, 2.75) is 44.9 Å². The molecule has 3 heterocycles. The van der Waals surface area contributed by atoms with Gasteiger partial charge in [-0.15, -0.1) is 12.4 Å². The summed E-state index contributed by atoms with van der Waals surface area (Å²) in [6.07, 6.45) is 2.64. The smallest absolute Gasteiger partial charge is 0.272 e. The first-order chi connectivity index (χ1) is 12.2. The lowest BCUT2D eigenvalue weighted by atomic mass is 9.95. The summed E-state index contributed by atoms with van der Waals surface area (Å²) in [5.41, 5.74) is 4.90. The van der Waals surface area contributed by atoms with Gasteiger partial charge in [0.2, 0.25) is 0 Å². The van der Waals surface area contributed by atoms with Gasteiger partial charge in [-0.1, -0.05) is 29.8 Å². The van der Waals surface area contributed by atoms with Gasteiger partial charge in [0.15, 0.2) is 5.69 Å². The molecule has 1 fully saturated rings. The summed E-state index contributed by atoms with van der Waals surface area (Å²) in [6.45, 7) is 4.41. The van der Waals surface area contributed by atoms with Crippen LogP contribution in [-0.4, -0.2) is 35.3 Å². The number of nitrogens with one attached hydrogen (secondary N) is 3. The number of carbonyl (C=O) groups is 1. The van der Waals surface area contributed by atoms with E-state index in [1.807, 2.05) is 0 Å². The van der Waals surface area contributed by atoms with Gasteiger partial charge in [-0.2, -0.15) is 5.10 Å². The molecule has 0 saturated carbocycles. The minimum atomic E-state index is -0.117. The number of aryl methyl sites for hydroxylation is 1. The van der Waals surface area contributed by atoms with Crippen molar-refractivity contribution in [1.82, 2.24) is 20.8 Å². The highest BCUT2D eigenvalue weighted by molar-refractivity contribution is 5.94. The highest BCUT2D eigenvalue weighted by Crippen LogP contribution is 2.29. The Morgan fingerprint density at radius 2 is 2.12 bits per heavy atom. The number of amides is 1. The molecule has 140 valence electrons. The molecule has 2 aromatic rings. The average molecular weight is 377 g/mol. The fraction of sp³-hybridized carbons (Fsp3) is 0.474. The lowest BCUT2D eigenvalue weighted by molar-refractivity contribution is -0.00953. The maximum absolute atomic E-state index is 12.8. The number of fused-ring (bicyclic) bond motifs is 1. The van der Waals surface area contributed by atoms with E-state index in [-0.39, 0.29) is 30.5 Å². The number of aromatic nitrogens is 2. The maximum Gasteiger partial charge on any atom is 0.272 e.